The molecule has 0 saturated carbocycles. The van der Waals surface area contributed by atoms with Gasteiger partial charge in [-0.25, -0.2) is 19.7 Å². The number of nitriles is 1. The van der Waals surface area contributed by atoms with Crippen LogP contribution in [0.4, 0.5) is 10.7 Å². The van der Waals surface area contributed by atoms with Crippen molar-refractivity contribution in [3.05, 3.63) is 113 Å². The monoisotopic (exact) mass is 615 g/mol. The molecule has 0 aliphatic carbocycles. The van der Waals surface area contributed by atoms with E-state index in [9.17, 15) is 15.2 Å². The summed E-state index contributed by atoms with van der Waals surface area (Å²) in [6.45, 7) is 5.46. The van der Waals surface area contributed by atoms with Gasteiger partial charge in [-0.1, -0.05) is 67.6 Å². The summed E-state index contributed by atoms with van der Waals surface area (Å²) in [5, 5.41) is 24.3. The number of nitrogens with zero attached hydrogens (tertiary/aromatic N) is 6. The molecule has 1 unspecified atom stereocenters. The van der Waals surface area contributed by atoms with E-state index in [2.05, 4.69) is 28.3 Å². The maximum atomic E-state index is 12.5. The summed E-state index contributed by atoms with van der Waals surface area (Å²) in [7, 11) is 0. The summed E-state index contributed by atoms with van der Waals surface area (Å²) in [5.74, 6) is 0.458. The lowest BCUT2D eigenvalue weighted by Crippen LogP contribution is -2.40. The first-order chi connectivity index (χ1) is 22.4. The predicted molar refractivity (Wildman–Crippen MR) is 175 cm³/mol. The van der Waals surface area contributed by atoms with Gasteiger partial charge in [-0.15, -0.1) is 0 Å². The van der Waals surface area contributed by atoms with Crippen molar-refractivity contribution in [3.8, 4) is 17.5 Å². The first-order valence-corrected chi connectivity index (χ1v) is 15.7. The molecule has 1 fully saturated rings. The van der Waals surface area contributed by atoms with E-state index in [-0.39, 0.29) is 24.7 Å². The molecular weight excluding hydrogens is 578 g/mol. The molecular formula is C36H37N7O3. The smallest absolute Gasteiger partial charge is 0.410 e. The molecule has 0 radical (unpaired) electrons. The number of imidazole rings is 1. The molecule has 46 heavy (non-hydrogen) atoms. The van der Waals surface area contributed by atoms with Gasteiger partial charge in [0.05, 0.1) is 35.8 Å². The minimum Gasteiger partial charge on any atom is -0.445 e. The number of anilines is 1. The molecule has 2 atom stereocenters. The number of aromatic nitrogens is 4. The molecule has 1 aliphatic rings. The molecule has 1 saturated heterocycles. The Hall–Kier alpha value is -5.27. The fraction of sp³-hybridized carbons (Fsp3) is 0.306. The third-order valence-corrected chi connectivity index (χ3v) is 8.72. The third kappa shape index (κ3) is 6.55. The fourth-order valence-corrected chi connectivity index (χ4v) is 5.99. The van der Waals surface area contributed by atoms with Crippen LogP contribution in [0.5, 0.6) is 0 Å². The van der Waals surface area contributed by atoms with Gasteiger partial charge in [-0.3, -0.25) is 4.40 Å². The van der Waals surface area contributed by atoms with Crippen LogP contribution in [-0.4, -0.2) is 48.5 Å². The van der Waals surface area contributed by atoms with Crippen LogP contribution in [0.2, 0.25) is 0 Å². The Morgan fingerprint density at radius 2 is 1.78 bits per heavy atom. The Bertz CT molecular complexity index is 1840. The number of hydrogen-bond acceptors (Lipinski definition) is 8. The number of aliphatic hydroxyl groups excluding tert-OH is 1. The van der Waals surface area contributed by atoms with E-state index in [0.29, 0.717) is 43.1 Å². The number of fused-ring (bicyclic) bond motifs is 1. The summed E-state index contributed by atoms with van der Waals surface area (Å²) in [4.78, 5) is 28.0. The summed E-state index contributed by atoms with van der Waals surface area (Å²) >= 11 is 0. The molecule has 5 aromatic rings. The molecule has 10 heteroatoms. The highest BCUT2D eigenvalue weighted by molar-refractivity contribution is 5.68. The lowest BCUT2D eigenvalue weighted by molar-refractivity contribution is 0.0450. The molecule has 1 aliphatic heterocycles. The highest BCUT2D eigenvalue weighted by Gasteiger charge is 2.29. The van der Waals surface area contributed by atoms with Gasteiger partial charge in [0.15, 0.2) is 0 Å². The number of benzene rings is 2. The molecule has 10 nitrogen and oxygen atoms in total. The minimum atomic E-state index is -0.622. The van der Waals surface area contributed by atoms with E-state index >= 15 is 0 Å². The molecule has 1 amide bonds. The second-order valence-corrected chi connectivity index (χ2v) is 11.6. The van der Waals surface area contributed by atoms with E-state index in [1.807, 2.05) is 84.3 Å². The van der Waals surface area contributed by atoms with E-state index in [1.165, 1.54) is 6.20 Å². The lowest BCUT2D eigenvalue weighted by atomic mass is 9.87. The number of carbonyl (C=O) groups excluding carboxylic acids is 1. The number of aryl methyl sites for hydroxylation is 1. The Morgan fingerprint density at radius 3 is 2.50 bits per heavy atom. The van der Waals surface area contributed by atoms with Gasteiger partial charge in [0.1, 0.15) is 24.0 Å². The number of ether oxygens (including phenoxy) is 1. The quantitative estimate of drug-likeness (QED) is 0.193. The van der Waals surface area contributed by atoms with Gasteiger partial charge in [0.2, 0.25) is 5.95 Å². The molecule has 0 bridgehead atoms. The lowest BCUT2D eigenvalue weighted by Gasteiger charge is -2.33. The molecule has 0 spiro atoms. The molecule has 4 heterocycles. The van der Waals surface area contributed by atoms with Crippen molar-refractivity contribution in [2.45, 2.75) is 51.9 Å². The van der Waals surface area contributed by atoms with Crippen LogP contribution in [0.25, 0.3) is 17.0 Å². The van der Waals surface area contributed by atoms with Crippen LogP contribution >= 0.6 is 0 Å². The summed E-state index contributed by atoms with van der Waals surface area (Å²) in [6.07, 6.45) is 6.52. The Labute approximate surface area is 268 Å². The minimum absolute atomic E-state index is 0.0538. The highest BCUT2D eigenvalue weighted by atomic mass is 16.6. The van der Waals surface area contributed by atoms with Crippen molar-refractivity contribution in [3.63, 3.8) is 0 Å². The Balaban J connectivity index is 1.07. The molecule has 2 N–H and O–H groups in total. The van der Waals surface area contributed by atoms with Crippen LogP contribution in [0.15, 0.2) is 85.3 Å². The number of piperidine rings is 1. The van der Waals surface area contributed by atoms with Crippen LogP contribution < -0.4 is 5.32 Å². The molecule has 6 rings (SSSR count). The standard InChI is InChI=1S/C36H37N7O3/c1-3-26-10-7-17-43-31(22-38-34(26)43)32-30(20-37)21-39-35(41-32)40-24(2)27-11-13-28(14-12-27)33(44)29-15-18-42(19-16-29)36(45)46-23-25-8-5-4-6-9-25/h4-14,17,21-22,24,29,33,44H,3,15-16,18-19,23H2,1-2H3,(H,39,40,41)/t24-,33?/m0/s1. The number of carbonyl (C=O) groups is 1. The second-order valence-electron chi connectivity index (χ2n) is 11.6. The third-order valence-electron chi connectivity index (χ3n) is 8.72. The van der Waals surface area contributed by atoms with Crippen molar-refractivity contribution in [2.24, 2.45) is 5.92 Å². The second kappa shape index (κ2) is 13.8. The normalized spacial score (nSPS) is 14.9. The first kappa shape index (κ1) is 30.7. The largest absolute Gasteiger partial charge is 0.445 e. The van der Waals surface area contributed by atoms with Crippen molar-refractivity contribution >= 4 is 17.7 Å². The summed E-state index contributed by atoms with van der Waals surface area (Å²) in [5.41, 5.74) is 6.38. The van der Waals surface area contributed by atoms with Gasteiger partial charge < -0.3 is 20.1 Å². The first-order valence-electron chi connectivity index (χ1n) is 15.7. The van der Waals surface area contributed by atoms with E-state index in [4.69, 9.17) is 9.72 Å². The van der Waals surface area contributed by atoms with Gasteiger partial charge in [-0.2, -0.15) is 5.26 Å². The van der Waals surface area contributed by atoms with Crippen molar-refractivity contribution < 1.29 is 14.6 Å². The summed E-state index contributed by atoms with van der Waals surface area (Å²) in [6, 6.07) is 23.6. The number of aliphatic hydroxyl groups is 1. The SMILES string of the molecule is CCc1cccn2c(-c3nc(N[C@@H](C)c4ccc(C(O)C5CCN(C(=O)OCc6ccccc6)CC5)cc4)ncc3C#N)cnc12. The average Bonchev–Trinajstić information content (AvgIpc) is 3.55. The topological polar surface area (TPSA) is 129 Å². The maximum absolute atomic E-state index is 12.5. The number of likely N-dealkylation sites (tertiary alicyclic amines) is 1. The summed E-state index contributed by atoms with van der Waals surface area (Å²) < 4.78 is 7.44. The molecule has 3 aromatic heterocycles. The number of rotatable bonds is 9. The maximum Gasteiger partial charge on any atom is 0.410 e. The van der Waals surface area contributed by atoms with Crippen LogP contribution in [-0.2, 0) is 17.8 Å². The van der Waals surface area contributed by atoms with Gasteiger partial charge in [-0.05, 0) is 60.4 Å². The van der Waals surface area contributed by atoms with Crippen LogP contribution in [0, 0.1) is 17.2 Å². The van der Waals surface area contributed by atoms with Gasteiger partial charge in [0.25, 0.3) is 0 Å². The van der Waals surface area contributed by atoms with Gasteiger partial charge >= 0.3 is 6.09 Å². The van der Waals surface area contributed by atoms with Crippen LogP contribution in [0.1, 0.15) is 66.7 Å². The Kier molecular flexibility index (Phi) is 9.22. The van der Waals surface area contributed by atoms with Crippen molar-refractivity contribution in [1.82, 2.24) is 24.3 Å². The number of nitrogens with one attached hydrogen (secondary N) is 1. The van der Waals surface area contributed by atoms with Gasteiger partial charge in [0, 0.05) is 19.3 Å². The zero-order chi connectivity index (χ0) is 32.0. The number of amides is 1. The van der Waals surface area contributed by atoms with Crippen molar-refractivity contribution in [1.29, 1.82) is 5.26 Å². The zero-order valence-corrected chi connectivity index (χ0v) is 26.0. The van der Waals surface area contributed by atoms with E-state index < -0.39 is 6.10 Å². The fourth-order valence-electron chi connectivity index (χ4n) is 5.99. The van der Waals surface area contributed by atoms with Crippen molar-refractivity contribution in [2.75, 3.05) is 18.4 Å². The highest BCUT2D eigenvalue weighted by Crippen LogP contribution is 2.32. The zero-order valence-electron chi connectivity index (χ0n) is 26.0. The predicted octanol–water partition coefficient (Wildman–Crippen LogP) is 6.48. The number of pyridine rings is 1. The van der Waals surface area contributed by atoms with E-state index in [0.717, 1.165) is 40.0 Å². The Morgan fingerprint density at radius 1 is 1.04 bits per heavy atom. The molecule has 2 aromatic carbocycles. The average molecular weight is 616 g/mol. The van der Waals surface area contributed by atoms with E-state index in [1.54, 1.807) is 11.1 Å². The molecule has 234 valence electrons. The van der Waals surface area contributed by atoms with Crippen LogP contribution in [0.3, 0.4) is 0 Å². The number of hydrogen-bond donors (Lipinski definition) is 2.